The Morgan fingerprint density at radius 1 is 1.27 bits per heavy atom. The number of nitrogens with zero attached hydrogens (tertiary/aromatic N) is 4. The Labute approximate surface area is 196 Å². The Bertz CT molecular complexity index is 878. The van der Waals surface area contributed by atoms with Crippen LogP contribution < -0.4 is 10.6 Å². The third kappa shape index (κ3) is 5.96. The Balaban J connectivity index is 0.00000320. The number of benzene rings is 1. The molecule has 2 heterocycles. The van der Waals surface area contributed by atoms with E-state index in [-0.39, 0.29) is 35.9 Å². The van der Waals surface area contributed by atoms with E-state index in [0.717, 1.165) is 54.7 Å². The molecule has 0 aliphatic carbocycles. The molecule has 2 N–H and O–H groups in total. The number of rotatable bonds is 6. The molecule has 0 spiro atoms. The van der Waals surface area contributed by atoms with Crippen molar-refractivity contribution in [1.82, 2.24) is 25.3 Å². The number of carbonyl (C=O) groups is 1. The summed E-state index contributed by atoms with van der Waals surface area (Å²) in [6, 6.07) is 10.5. The molecule has 1 aliphatic heterocycles. The number of likely N-dealkylation sites (tertiary alicyclic amines) is 1. The van der Waals surface area contributed by atoms with Gasteiger partial charge < -0.3 is 15.5 Å². The minimum atomic E-state index is 0. The van der Waals surface area contributed by atoms with E-state index in [0.29, 0.717) is 13.0 Å². The van der Waals surface area contributed by atoms with Crippen LogP contribution in [0.3, 0.4) is 0 Å². The molecule has 1 unspecified atom stereocenters. The first-order valence-electron chi connectivity index (χ1n) is 10.5. The lowest BCUT2D eigenvalue weighted by molar-refractivity contribution is -0.129. The summed E-state index contributed by atoms with van der Waals surface area (Å²) in [6.45, 7) is 10.9. The van der Waals surface area contributed by atoms with Crippen molar-refractivity contribution in [3.05, 3.63) is 47.3 Å². The number of amides is 1. The van der Waals surface area contributed by atoms with Crippen molar-refractivity contribution in [1.29, 1.82) is 0 Å². The van der Waals surface area contributed by atoms with Gasteiger partial charge in [-0.25, -0.2) is 9.67 Å². The van der Waals surface area contributed by atoms with Gasteiger partial charge in [0.05, 0.1) is 17.9 Å². The van der Waals surface area contributed by atoms with Crippen molar-refractivity contribution in [3.8, 4) is 5.69 Å². The van der Waals surface area contributed by atoms with Gasteiger partial charge in [0.15, 0.2) is 5.96 Å². The fraction of sp³-hybridized carbons (Fsp3) is 0.500. The Kier molecular flexibility index (Phi) is 9.13. The SMILES string of the molecule is CCNC(=NCc1ccccc1-n1nc(C)cc1C)NC1CCN(C(=O)CC)C1.I. The van der Waals surface area contributed by atoms with Gasteiger partial charge >= 0.3 is 0 Å². The summed E-state index contributed by atoms with van der Waals surface area (Å²) in [6.07, 6.45) is 1.50. The van der Waals surface area contributed by atoms with Crippen LogP contribution in [0.5, 0.6) is 0 Å². The first kappa shape index (κ1) is 24.2. The number of aryl methyl sites for hydroxylation is 2. The van der Waals surface area contributed by atoms with Gasteiger partial charge in [-0.1, -0.05) is 25.1 Å². The predicted octanol–water partition coefficient (Wildman–Crippen LogP) is 3.17. The van der Waals surface area contributed by atoms with Crippen LogP contribution in [0.25, 0.3) is 5.69 Å². The largest absolute Gasteiger partial charge is 0.357 e. The average molecular weight is 524 g/mol. The quantitative estimate of drug-likeness (QED) is 0.346. The van der Waals surface area contributed by atoms with E-state index in [4.69, 9.17) is 4.99 Å². The number of halogens is 1. The molecule has 164 valence electrons. The zero-order valence-electron chi connectivity index (χ0n) is 18.3. The van der Waals surface area contributed by atoms with E-state index < -0.39 is 0 Å². The number of aromatic nitrogens is 2. The monoisotopic (exact) mass is 524 g/mol. The van der Waals surface area contributed by atoms with Crippen LogP contribution in [0.2, 0.25) is 0 Å². The highest BCUT2D eigenvalue weighted by atomic mass is 127. The third-order valence-corrected chi connectivity index (χ3v) is 5.17. The van der Waals surface area contributed by atoms with Crippen LogP contribution in [0, 0.1) is 13.8 Å². The third-order valence-electron chi connectivity index (χ3n) is 5.17. The van der Waals surface area contributed by atoms with Crippen LogP contribution in [-0.2, 0) is 11.3 Å². The topological polar surface area (TPSA) is 74.6 Å². The molecular weight excluding hydrogens is 491 g/mol. The second-order valence-corrected chi connectivity index (χ2v) is 7.49. The van der Waals surface area contributed by atoms with Crippen LogP contribution in [0.1, 0.15) is 43.6 Å². The summed E-state index contributed by atoms with van der Waals surface area (Å²) < 4.78 is 1.98. The summed E-state index contributed by atoms with van der Waals surface area (Å²) in [5.41, 5.74) is 4.28. The maximum Gasteiger partial charge on any atom is 0.222 e. The summed E-state index contributed by atoms with van der Waals surface area (Å²) >= 11 is 0. The smallest absolute Gasteiger partial charge is 0.222 e. The van der Waals surface area contributed by atoms with Crippen molar-refractivity contribution in [2.24, 2.45) is 4.99 Å². The molecule has 0 saturated carbocycles. The van der Waals surface area contributed by atoms with E-state index >= 15 is 0 Å². The maximum atomic E-state index is 11.9. The van der Waals surface area contributed by atoms with Crippen molar-refractivity contribution >= 4 is 35.8 Å². The molecule has 30 heavy (non-hydrogen) atoms. The molecule has 1 aromatic carbocycles. The molecule has 1 atom stereocenters. The highest BCUT2D eigenvalue weighted by molar-refractivity contribution is 14.0. The Hall–Kier alpha value is -2.10. The summed E-state index contributed by atoms with van der Waals surface area (Å²) in [7, 11) is 0. The normalized spacial score (nSPS) is 16.3. The van der Waals surface area contributed by atoms with E-state index in [2.05, 4.69) is 47.8 Å². The molecule has 1 saturated heterocycles. The number of guanidine groups is 1. The number of hydrogen-bond donors (Lipinski definition) is 2. The number of nitrogens with one attached hydrogen (secondary N) is 2. The summed E-state index contributed by atoms with van der Waals surface area (Å²) in [4.78, 5) is 18.7. The molecule has 0 bridgehead atoms. The van der Waals surface area contributed by atoms with Gasteiger partial charge in [0.1, 0.15) is 0 Å². The van der Waals surface area contributed by atoms with E-state index in [1.807, 2.05) is 35.6 Å². The van der Waals surface area contributed by atoms with Crippen LogP contribution in [-0.4, -0.2) is 52.2 Å². The van der Waals surface area contributed by atoms with Gasteiger partial charge in [-0.2, -0.15) is 5.10 Å². The lowest BCUT2D eigenvalue weighted by atomic mass is 10.2. The lowest BCUT2D eigenvalue weighted by Gasteiger charge is -2.19. The highest BCUT2D eigenvalue weighted by Crippen LogP contribution is 2.18. The van der Waals surface area contributed by atoms with E-state index in [1.54, 1.807) is 0 Å². The molecule has 7 nitrogen and oxygen atoms in total. The molecule has 1 aliphatic rings. The van der Waals surface area contributed by atoms with Gasteiger partial charge in [-0.15, -0.1) is 24.0 Å². The average Bonchev–Trinajstić information content (AvgIpc) is 3.31. The number of hydrogen-bond acceptors (Lipinski definition) is 3. The number of para-hydroxylation sites is 1. The molecule has 1 fully saturated rings. The standard InChI is InChI=1S/C22H32N6O.HI/c1-5-21(29)27-12-11-19(15-27)25-22(23-6-2)24-14-18-9-7-8-10-20(18)28-17(4)13-16(3)26-28;/h7-10,13,19H,5-6,11-12,14-15H2,1-4H3,(H2,23,24,25);1H. The van der Waals surface area contributed by atoms with Crippen molar-refractivity contribution in [3.63, 3.8) is 0 Å². The van der Waals surface area contributed by atoms with Gasteiger partial charge in [-0.05, 0) is 44.9 Å². The predicted molar refractivity (Wildman–Crippen MR) is 132 cm³/mol. The Morgan fingerprint density at radius 3 is 2.70 bits per heavy atom. The molecule has 1 amide bonds. The van der Waals surface area contributed by atoms with E-state index in [1.165, 1.54) is 0 Å². The minimum Gasteiger partial charge on any atom is -0.357 e. The second-order valence-electron chi connectivity index (χ2n) is 7.49. The molecule has 3 rings (SSSR count). The maximum absolute atomic E-state index is 11.9. The minimum absolute atomic E-state index is 0. The lowest BCUT2D eigenvalue weighted by Crippen LogP contribution is -2.45. The fourth-order valence-corrected chi connectivity index (χ4v) is 3.73. The first-order valence-corrected chi connectivity index (χ1v) is 10.5. The summed E-state index contributed by atoms with van der Waals surface area (Å²) in [5, 5.41) is 11.4. The molecule has 1 aromatic heterocycles. The van der Waals surface area contributed by atoms with Crippen LogP contribution in [0.15, 0.2) is 35.3 Å². The Morgan fingerprint density at radius 2 is 2.03 bits per heavy atom. The molecule has 0 radical (unpaired) electrons. The molecule has 2 aromatic rings. The number of carbonyl (C=O) groups excluding carboxylic acids is 1. The fourth-order valence-electron chi connectivity index (χ4n) is 3.73. The van der Waals surface area contributed by atoms with Crippen LogP contribution >= 0.6 is 24.0 Å². The summed E-state index contributed by atoms with van der Waals surface area (Å²) in [5.74, 6) is 1.00. The van der Waals surface area contributed by atoms with Gasteiger partial charge in [0.25, 0.3) is 0 Å². The molecular formula is C22H33IN6O. The van der Waals surface area contributed by atoms with Crippen molar-refractivity contribution in [2.45, 2.75) is 53.1 Å². The van der Waals surface area contributed by atoms with Crippen molar-refractivity contribution < 1.29 is 4.79 Å². The number of aliphatic imine (C=N–C) groups is 1. The zero-order chi connectivity index (χ0) is 20.8. The van der Waals surface area contributed by atoms with E-state index in [9.17, 15) is 4.79 Å². The second kappa shape index (κ2) is 11.3. The van der Waals surface area contributed by atoms with Gasteiger partial charge in [0, 0.05) is 37.8 Å². The van der Waals surface area contributed by atoms with Crippen LogP contribution in [0.4, 0.5) is 0 Å². The van der Waals surface area contributed by atoms with Gasteiger partial charge in [-0.3, -0.25) is 4.79 Å². The zero-order valence-corrected chi connectivity index (χ0v) is 20.6. The highest BCUT2D eigenvalue weighted by Gasteiger charge is 2.25. The van der Waals surface area contributed by atoms with Crippen molar-refractivity contribution in [2.75, 3.05) is 19.6 Å². The molecule has 8 heteroatoms. The van der Waals surface area contributed by atoms with Gasteiger partial charge in [0.2, 0.25) is 5.91 Å². The first-order chi connectivity index (χ1) is 14.0.